The van der Waals surface area contributed by atoms with Crippen molar-refractivity contribution in [1.82, 2.24) is 20.6 Å². The van der Waals surface area contributed by atoms with E-state index in [1.165, 1.54) is 23.6 Å². The normalized spacial score (nSPS) is 15.5. The zero-order chi connectivity index (χ0) is 32.8. The van der Waals surface area contributed by atoms with Gasteiger partial charge < -0.3 is 21.1 Å². The van der Waals surface area contributed by atoms with Crippen LogP contribution in [0.25, 0.3) is 0 Å². The molecule has 7 nitrogen and oxygen atoms in total. The Hall–Kier alpha value is -3.29. The number of nitrogens with one attached hydrogen (secondary N) is 3. The van der Waals surface area contributed by atoms with Crippen molar-refractivity contribution in [2.24, 2.45) is 0 Å². The Kier molecular flexibility index (Phi) is 11.4. The fourth-order valence-electron chi connectivity index (χ4n) is 5.94. The highest BCUT2D eigenvalue weighted by atomic mass is 16.3. The summed E-state index contributed by atoms with van der Waals surface area (Å²) in [5.74, 6) is 1.74. The van der Waals surface area contributed by atoms with Crippen LogP contribution in [0.5, 0.6) is 0 Å². The Morgan fingerprint density at radius 1 is 1.04 bits per heavy atom. The smallest absolute Gasteiger partial charge is 0.217 e. The number of amides is 1. The van der Waals surface area contributed by atoms with Crippen LogP contribution >= 0.6 is 0 Å². The molecule has 2 aromatic carbocycles. The summed E-state index contributed by atoms with van der Waals surface area (Å²) >= 11 is 0. The summed E-state index contributed by atoms with van der Waals surface area (Å²) < 4.78 is 0. The minimum absolute atomic E-state index is 0.0767. The Labute approximate surface area is 271 Å². The fraction of sp³-hybridized carbons (Fsp3) is 0.553. The van der Waals surface area contributed by atoms with Gasteiger partial charge in [-0.05, 0) is 72.8 Å². The van der Waals surface area contributed by atoms with Gasteiger partial charge >= 0.3 is 0 Å². The summed E-state index contributed by atoms with van der Waals surface area (Å²) in [6, 6.07) is 16.8. The quantitative estimate of drug-likeness (QED) is 0.134. The summed E-state index contributed by atoms with van der Waals surface area (Å²) in [4.78, 5) is 21.6. The lowest BCUT2D eigenvalue weighted by molar-refractivity contribution is -0.120. The number of unbranched alkanes of at least 4 members (excludes halogenated alkanes) is 2. The third kappa shape index (κ3) is 9.60. The molecule has 1 heterocycles. The Morgan fingerprint density at radius 2 is 1.80 bits per heavy atom. The molecule has 0 saturated heterocycles. The maximum atomic E-state index is 12.3. The van der Waals surface area contributed by atoms with Crippen molar-refractivity contribution in [3.63, 3.8) is 0 Å². The maximum Gasteiger partial charge on any atom is 0.217 e. The monoisotopic (exact) mass is 613 g/mol. The lowest BCUT2D eigenvalue weighted by Crippen LogP contribution is -2.49. The van der Waals surface area contributed by atoms with Crippen LogP contribution in [0.2, 0.25) is 0 Å². The molecule has 0 unspecified atom stereocenters. The molecule has 0 aliphatic heterocycles. The van der Waals surface area contributed by atoms with Crippen LogP contribution in [-0.4, -0.2) is 39.7 Å². The second-order valence-corrected chi connectivity index (χ2v) is 14.4. The molecule has 0 radical (unpaired) electrons. The number of nitrogens with zero attached hydrogens (tertiary/aromatic N) is 2. The molecule has 0 spiro atoms. The van der Waals surface area contributed by atoms with Crippen molar-refractivity contribution in [2.75, 3.05) is 11.9 Å². The van der Waals surface area contributed by atoms with Gasteiger partial charge in [0.25, 0.3) is 0 Å². The van der Waals surface area contributed by atoms with Crippen LogP contribution in [0.15, 0.2) is 48.5 Å². The van der Waals surface area contributed by atoms with Crippen molar-refractivity contribution < 1.29 is 9.90 Å². The molecule has 1 aliphatic rings. The lowest BCUT2D eigenvalue weighted by Gasteiger charge is -2.28. The molecule has 1 fully saturated rings. The van der Waals surface area contributed by atoms with Crippen molar-refractivity contribution >= 4 is 17.4 Å². The summed E-state index contributed by atoms with van der Waals surface area (Å²) in [7, 11) is 0. The molecule has 1 amide bonds. The van der Waals surface area contributed by atoms with E-state index < -0.39 is 12.1 Å². The Morgan fingerprint density at radius 3 is 2.44 bits per heavy atom. The van der Waals surface area contributed by atoms with Gasteiger partial charge in [-0.3, -0.25) is 4.79 Å². The van der Waals surface area contributed by atoms with Crippen LogP contribution in [-0.2, 0) is 28.6 Å². The molecular weight excluding hydrogens is 558 g/mol. The first-order valence-corrected chi connectivity index (χ1v) is 16.9. The number of anilines is 2. The number of hydrogen-bond acceptors (Lipinski definition) is 6. The van der Waals surface area contributed by atoms with Gasteiger partial charge in [-0.15, -0.1) is 0 Å². The number of carbonyl (C=O) groups excluding carboxylic acids is 1. The average molecular weight is 614 g/mol. The molecule has 0 bridgehead atoms. The molecule has 2 atom stereocenters. The number of hydrogen-bond donors (Lipinski definition) is 4. The van der Waals surface area contributed by atoms with Crippen molar-refractivity contribution in [1.29, 1.82) is 0 Å². The van der Waals surface area contributed by atoms with Crippen LogP contribution in [0.4, 0.5) is 11.5 Å². The van der Waals surface area contributed by atoms with E-state index in [4.69, 9.17) is 4.98 Å². The van der Waals surface area contributed by atoms with Crippen molar-refractivity contribution in [3.05, 3.63) is 82.3 Å². The number of aliphatic hydroxyl groups excluding tert-OH is 1. The van der Waals surface area contributed by atoms with E-state index in [1.807, 2.05) is 13.0 Å². The lowest BCUT2D eigenvalue weighted by atomic mass is 9.85. The van der Waals surface area contributed by atoms with Crippen LogP contribution < -0.4 is 16.0 Å². The number of rotatable bonds is 15. The summed E-state index contributed by atoms with van der Waals surface area (Å²) in [5, 5.41) is 21.7. The molecule has 4 rings (SSSR count). The van der Waals surface area contributed by atoms with Gasteiger partial charge in [-0.2, -0.15) is 0 Å². The molecule has 7 heteroatoms. The van der Waals surface area contributed by atoms with Gasteiger partial charge in [-0.1, -0.05) is 90.8 Å². The van der Waals surface area contributed by atoms with E-state index in [0.29, 0.717) is 13.0 Å². The van der Waals surface area contributed by atoms with E-state index >= 15 is 0 Å². The number of aryl methyl sites for hydroxylation is 2. The van der Waals surface area contributed by atoms with Gasteiger partial charge in [0.2, 0.25) is 5.91 Å². The van der Waals surface area contributed by atoms with Gasteiger partial charge in [0.05, 0.1) is 12.1 Å². The molecule has 1 saturated carbocycles. The third-order valence-electron chi connectivity index (χ3n) is 8.86. The largest absolute Gasteiger partial charge is 0.390 e. The van der Waals surface area contributed by atoms with Crippen molar-refractivity contribution in [2.45, 2.75) is 129 Å². The molecule has 4 N–H and O–H groups in total. The number of aromatic nitrogens is 2. The molecule has 244 valence electrons. The summed E-state index contributed by atoms with van der Waals surface area (Å²) in [5.41, 5.74) is 6.83. The highest BCUT2D eigenvalue weighted by Crippen LogP contribution is 2.46. The fourth-order valence-corrected chi connectivity index (χ4v) is 5.94. The van der Waals surface area contributed by atoms with E-state index in [1.54, 1.807) is 0 Å². The number of carbonyl (C=O) groups is 1. The third-order valence-corrected chi connectivity index (χ3v) is 8.86. The van der Waals surface area contributed by atoms with Crippen molar-refractivity contribution in [3.8, 4) is 0 Å². The standard InChI is InChI=1S/C38H55N5O2/c1-9-10-11-13-29-21-28(16-17-32(29)42-35-20-26(4)40-36(43-35)25(2)3)22-33(41-27(5)44)34(45)24-39-38(18-19-38)31-15-12-14-30(23-31)37(6,7)8/h12,14-17,20-21,23,25,33-34,39,45H,9-11,13,18-19,22,24H2,1-8H3,(H,41,44)(H,40,42,43)/t33-,34-/m0/s1. The van der Waals surface area contributed by atoms with E-state index in [9.17, 15) is 9.90 Å². The summed E-state index contributed by atoms with van der Waals surface area (Å²) in [6.45, 7) is 17.1. The first kappa shape index (κ1) is 34.6. The highest BCUT2D eigenvalue weighted by molar-refractivity contribution is 5.73. The van der Waals surface area contributed by atoms with Gasteiger partial charge in [0.1, 0.15) is 11.6 Å². The van der Waals surface area contributed by atoms with Crippen LogP contribution in [0, 0.1) is 6.92 Å². The van der Waals surface area contributed by atoms with E-state index in [2.05, 4.69) is 105 Å². The van der Waals surface area contributed by atoms with Crippen LogP contribution in [0.3, 0.4) is 0 Å². The van der Waals surface area contributed by atoms with E-state index in [-0.39, 0.29) is 22.8 Å². The predicted molar refractivity (Wildman–Crippen MR) is 185 cm³/mol. The number of benzene rings is 2. The van der Waals surface area contributed by atoms with Crippen LogP contribution in [0.1, 0.15) is 120 Å². The predicted octanol–water partition coefficient (Wildman–Crippen LogP) is 7.37. The average Bonchev–Trinajstić information content (AvgIpc) is 3.77. The molecule has 45 heavy (non-hydrogen) atoms. The topological polar surface area (TPSA) is 99.2 Å². The first-order chi connectivity index (χ1) is 21.3. The SMILES string of the molecule is CCCCCc1cc(C[C@H](NC(C)=O)[C@@H](O)CNC2(c3cccc(C(C)(C)C)c3)CC2)ccc1Nc1cc(C)nc(C(C)C)n1. The summed E-state index contributed by atoms with van der Waals surface area (Å²) in [6.07, 6.45) is 6.23. The zero-order valence-electron chi connectivity index (χ0n) is 28.8. The Balaban J connectivity index is 1.51. The maximum absolute atomic E-state index is 12.3. The highest BCUT2D eigenvalue weighted by Gasteiger charge is 2.44. The first-order valence-electron chi connectivity index (χ1n) is 16.9. The minimum atomic E-state index is -0.739. The van der Waals surface area contributed by atoms with Gasteiger partial charge in [-0.25, -0.2) is 9.97 Å². The molecule has 1 aliphatic carbocycles. The zero-order valence-corrected chi connectivity index (χ0v) is 28.8. The molecule has 1 aromatic heterocycles. The van der Waals surface area contributed by atoms with Gasteiger partial charge in [0.15, 0.2) is 0 Å². The minimum Gasteiger partial charge on any atom is -0.390 e. The molecule has 3 aromatic rings. The second kappa shape index (κ2) is 14.9. The van der Waals surface area contributed by atoms with E-state index in [0.717, 1.165) is 67.1 Å². The Bertz CT molecular complexity index is 1440. The molecular formula is C38H55N5O2. The second-order valence-electron chi connectivity index (χ2n) is 14.4. The van der Waals surface area contributed by atoms with Gasteiger partial charge in [0, 0.05) is 42.4 Å². The number of aliphatic hydroxyl groups is 1.